The lowest BCUT2D eigenvalue weighted by molar-refractivity contribution is -0.125. The van der Waals surface area contributed by atoms with Crippen LogP contribution in [0.1, 0.15) is 32.0 Å². The first-order chi connectivity index (χ1) is 9.99. The Bertz CT molecular complexity index is 704. The molecule has 1 amide bonds. The number of nitrogens with zero attached hydrogens (tertiary/aromatic N) is 3. The van der Waals surface area contributed by atoms with Crippen LogP contribution < -0.4 is 5.56 Å². The number of amides is 1. The van der Waals surface area contributed by atoms with Crippen LogP contribution in [0, 0.1) is 6.92 Å². The number of hydrogen-bond donors (Lipinski definition) is 1. The monoisotopic (exact) mass is 288 g/mol. The summed E-state index contributed by atoms with van der Waals surface area (Å²) >= 11 is 0. The Morgan fingerprint density at radius 1 is 1.19 bits per heavy atom. The third kappa shape index (κ3) is 2.74. The Morgan fingerprint density at radius 3 is 2.43 bits per heavy atom. The van der Waals surface area contributed by atoms with E-state index in [4.69, 9.17) is 0 Å². The molecule has 2 rings (SSSR count). The van der Waals surface area contributed by atoms with Crippen molar-refractivity contribution in [3.05, 3.63) is 39.3 Å². The van der Waals surface area contributed by atoms with E-state index in [1.54, 1.807) is 29.8 Å². The Balaban J connectivity index is 2.26. The zero-order valence-electron chi connectivity index (χ0n) is 12.8. The van der Waals surface area contributed by atoms with Crippen molar-refractivity contribution in [2.24, 2.45) is 5.10 Å². The predicted molar refractivity (Wildman–Crippen MR) is 83.1 cm³/mol. The summed E-state index contributed by atoms with van der Waals surface area (Å²) in [5.74, 6) is -0.101. The number of aromatic amines is 1. The normalized spacial score (nSPS) is 17.3. The molecule has 0 atom stereocenters. The van der Waals surface area contributed by atoms with Gasteiger partial charge in [-0.2, -0.15) is 5.10 Å². The molecule has 1 aliphatic rings. The average Bonchev–Trinajstić information content (AvgIpc) is 2.89. The van der Waals surface area contributed by atoms with Gasteiger partial charge in [0.25, 0.3) is 11.5 Å². The van der Waals surface area contributed by atoms with Crippen LogP contribution in [0.2, 0.25) is 0 Å². The molecule has 112 valence electrons. The maximum absolute atomic E-state index is 12.0. The highest BCUT2D eigenvalue weighted by Gasteiger charge is 2.25. The number of carbonyl (C=O) groups excluding carboxylic acids is 1. The minimum atomic E-state index is -0.101. The molecule has 1 aromatic rings. The van der Waals surface area contributed by atoms with Gasteiger partial charge in [-0.25, -0.2) is 5.01 Å². The second-order valence-electron chi connectivity index (χ2n) is 4.85. The lowest BCUT2D eigenvalue weighted by Crippen LogP contribution is -2.21. The van der Waals surface area contributed by atoms with Crippen LogP contribution in [-0.4, -0.2) is 33.0 Å². The minimum Gasteiger partial charge on any atom is -0.299 e. The molecule has 21 heavy (non-hydrogen) atoms. The van der Waals surface area contributed by atoms with Crippen molar-refractivity contribution in [3.8, 4) is 0 Å². The molecule has 0 radical (unpaired) electrons. The van der Waals surface area contributed by atoms with Gasteiger partial charge in [0.05, 0.1) is 16.8 Å². The van der Waals surface area contributed by atoms with Gasteiger partial charge in [0, 0.05) is 18.8 Å². The molecule has 1 N–H and O–H groups in total. The van der Waals surface area contributed by atoms with Gasteiger partial charge in [-0.05, 0) is 39.8 Å². The van der Waals surface area contributed by atoms with Crippen LogP contribution in [0.25, 0.3) is 6.08 Å². The largest absolute Gasteiger partial charge is 0.299 e. The molecule has 2 heterocycles. The van der Waals surface area contributed by atoms with Gasteiger partial charge in [-0.3, -0.25) is 19.4 Å². The van der Waals surface area contributed by atoms with E-state index in [0.29, 0.717) is 29.9 Å². The van der Waals surface area contributed by atoms with Crippen molar-refractivity contribution in [3.63, 3.8) is 0 Å². The lowest BCUT2D eigenvalue weighted by Gasteiger charge is -2.06. The van der Waals surface area contributed by atoms with Gasteiger partial charge in [-0.15, -0.1) is 0 Å². The van der Waals surface area contributed by atoms with E-state index in [-0.39, 0.29) is 11.5 Å². The van der Waals surface area contributed by atoms with Crippen LogP contribution in [-0.2, 0) is 11.3 Å². The predicted octanol–water partition coefficient (Wildman–Crippen LogP) is 1.68. The number of aromatic nitrogens is 2. The number of rotatable bonds is 4. The van der Waals surface area contributed by atoms with Crippen LogP contribution >= 0.6 is 0 Å². The molecule has 0 unspecified atom stereocenters. The van der Waals surface area contributed by atoms with Crippen molar-refractivity contribution < 1.29 is 4.79 Å². The molecule has 1 aliphatic heterocycles. The van der Waals surface area contributed by atoms with Gasteiger partial charge >= 0.3 is 0 Å². The molecule has 0 bridgehead atoms. The first-order valence-electron chi connectivity index (χ1n) is 7.04. The Hall–Kier alpha value is -2.37. The Labute approximate surface area is 123 Å². The maximum Gasteiger partial charge on any atom is 0.275 e. The minimum absolute atomic E-state index is 0.0528. The smallest absolute Gasteiger partial charge is 0.275 e. The summed E-state index contributed by atoms with van der Waals surface area (Å²) in [6.45, 7) is 8.60. The molecule has 0 saturated carbocycles. The quantitative estimate of drug-likeness (QED) is 0.856. The fraction of sp³-hybridized carbons (Fsp3) is 0.400. The molecule has 0 saturated heterocycles. The molecule has 0 fully saturated rings. The van der Waals surface area contributed by atoms with E-state index in [2.05, 4.69) is 10.2 Å². The van der Waals surface area contributed by atoms with Crippen molar-refractivity contribution in [1.82, 2.24) is 14.8 Å². The van der Waals surface area contributed by atoms with E-state index >= 15 is 0 Å². The average molecular weight is 288 g/mol. The van der Waals surface area contributed by atoms with Crippen LogP contribution in [0.3, 0.4) is 0 Å². The molecule has 6 heteroatoms. The fourth-order valence-corrected chi connectivity index (χ4v) is 2.26. The van der Waals surface area contributed by atoms with Crippen molar-refractivity contribution in [1.29, 1.82) is 0 Å². The van der Waals surface area contributed by atoms with E-state index in [0.717, 1.165) is 5.69 Å². The summed E-state index contributed by atoms with van der Waals surface area (Å²) in [7, 11) is 0. The van der Waals surface area contributed by atoms with Crippen LogP contribution in [0.15, 0.2) is 27.6 Å². The summed E-state index contributed by atoms with van der Waals surface area (Å²) in [5.41, 5.74) is 2.64. The van der Waals surface area contributed by atoms with Crippen molar-refractivity contribution >= 4 is 17.7 Å². The number of likely N-dealkylation sites (N-methyl/N-ethyl adjacent to an activating group) is 1. The lowest BCUT2D eigenvalue weighted by atomic mass is 10.1. The summed E-state index contributed by atoms with van der Waals surface area (Å²) in [6.07, 6.45) is 5.16. The first-order valence-corrected chi connectivity index (χ1v) is 7.04. The molecular weight excluding hydrogens is 268 g/mol. The van der Waals surface area contributed by atoms with Crippen molar-refractivity contribution in [2.45, 2.75) is 34.2 Å². The summed E-state index contributed by atoms with van der Waals surface area (Å²) in [4.78, 5) is 24.0. The number of H-pyrrole nitrogens is 1. The highest BCUT2D eigenvalue weighted by Crippen LogP contribution is 2.14. The van der Waals surface area contributed by atoms with Gasteiger partial charge in [0.1, 0.15) is 0 Å². The van der Waals surface area contributed by atoms with E-state index in [9.17, 15) is 9.59 Å². The third-order valence-electron chi connectivity index (χ3n) is 3.45. The summed E-state index contributed by atoms with van der Waals surface area (Å²) in [5, 5.41) is 8.61. The SMILES string of the molecule is CCN1N=C(C)/C(=C/C=C/c2c(C)[nH]n(CC)c2=O)C1=O. The Kier molecular flexibility index (Phi) is 4.26. The number of allylic oxidation sites excluding steroid dienone is 2. The highest BCUT2D eigenvalue weighted by atomic mass is 16.2. The van der Waals surface area contributed by atoms with Crippen LogP contribution in [0.5, 0.6) is 0 Å². The van der Waals surface area contributed by atoms with Gasteiger partial charge in [0.15, 0.2) is 0 Å². The first kappa shape index (κ1) is 15.0. The van der Waals surface area contributed by atoms with E-state index in [1.807, 2.05) is 20.8 Å². The second kappa shape index (κ2) is 5.95. The summed E-state index contributed by atoms with van der Waals surface area (Å²) in [6, 6.07) is 0. The number of nitrogens with one attached hydrogen (secondary N) is 1. The molecule has 0 aromatic carbocycles. The van der Waals surface area contributed by atoms with E-state index < -0.39 is 0 Å². The maximum atomic E-state index is 12.0. The zero-order valence-corrected chi connectivity index (χ0v) is 12.8. The topological polar surface area (TPSA) is 70.5 Å². The van der Waals surface area contributed by atoms with Crippen molar-refractivity contribution in [2.75, 3.05) is 6.54 Å². The van der Waals surface area contributed by atoms with Gasteiger partial charge < -0.3 is 0 Å². The molecule has 0 aliphatic carbocycles. The molecular formula is C15H20N4O2. The molecule has 6 nitrogen and oxygen atoms in total. The number of aryl methyl sites for hydroxylation is 2. The number of hydrogen-bond acceptors (Lipinski definition) is 3. The summed E-state index contributed by atoms with van der Waals surface area (Å²) < 4.78 is 1.55. The van der Waals surface area contributed by atoms with Gasteiger partial charge in [0.2, 0.25) is 0 Å². The molecule has 0 spiro atoms. The Morgan fingerprint density at radius 2 is 1.90 bits per heavy atom. The second-order valence-corrected chi connectivity index (χ2v) is 4.85. The standard InChI is InChI=1S/C15H20N4O2/c1-5-18-14(20)12(10(3)16-18)8-7-9-13-11(4)17-19(6-2)15(13)21/h7-9,16H,5-6H2,1-4H3/b8-7+,13-9-. The number of carbonyl (C=O) groups is 1. The van der Waals surface area contributed by atoms with Gasteiger partial charge in [-0.1, -0.05) is 6.08 Å². The fourth-order valence-electron chi connectivity index (χ4n) is 2.26. The van der Waals surface area contributed by atoms with Crippen LogP contribution in [0.4, 0.5) is 0 Å². The van der Waals surface area contributed by atoms with E-state index in [1.165, 1.54) is 5.01 Å². The molecule has 1 aromatic heterocycles. The number of hydrazone groups is 1. The third-order valence-corrected chi connectivity index (χ3v) is 3.45. The highest BCUT2D eigenvalue weighted by molar-refractivity contribution is 6.24. The zero-order chi connectivity index (χ0) is 15.6.